The van der Waals surface area contributed by atoms with E-state index in [-0.39, 0.29) is 24.2 Å². The molecule has 2 saturated heterocycles. The minimum Gasteiger partial charge on any atom is -0.481 e. The minimum absolute atomic E-state index is 0. The number of carboxylic acid groups (broad SMARTS) is 2. The van der Waals surface area contributed by atoms with Gasteiger partial charge in [-0.25, -0.2) is 0 Å². The topological polar surface area (TPSA) is 89.9 Å². The van der Waals surface area contributed by atoms with E-state index in [1.54, 1.807) is 0 Å². The van der Waals surface area contributed by atoms with Gasteiger partial charge >= 0.3 is 11.9 Å². The van der Waals surface area contributed by atoms with Crippen LogP contribution in [0, 0.1) is 11.8 Å². The van der Waals surface area contributed by atoms with Crippen molar-refractivity contribution in [1.29, 1.82) is 0 Å². The van der Waals surface area contributed by atoms with Gasteiger partial charge in [-0.05, 0) is 58.9 Å². The molecular formula is C13H25ClN2O4. The van der Waals surface area contributed by atoms with Crippen LogP contribution in [0.4, 0.5) is 0 Å². The highest BCUT2D eigenvalue weighted by Gasteiger charge is 2.22. The lowest BCUT2D eigenvalue weighted by Crippen LogP contribution is -2.33. The molecule has 0 atom stereocenters. The molecule has 0 aromatic heterocycles. The zero-order chi connectivity index (χ0) is 14.3. The number of hydrogen-bond acceptors (Lipinski definition) is 4. The van der Waals surface area contributed by atoms with Crippen molar-refractivity contribution in [2.24, 2.45) is 11.8 Å². The Balaban J connectivity index is 0.000000345. The Kier molecular flexibility index (Phi) is 9.54. The predicted octanol–water partition coefficient (Wildman–Crippen LogP) is 0.905. The Hall–Kier alpha value is -0.850. The SMILES string of the molecule is CN1CCC(C(=O)O)CC1.Cl.O=C(O)C1CCNCC1. The molecule has 2 fully saturated rings. The van der Waals surface area contributed by atoms with Crippen LogP contribution in [-0.2, 0) is 9.59 Å². The maximum atomic E-state index is 10.4. The zero-order valence-corrected chi connectivity index (χ0v) is 12.7. The number of hydrogen-bond donors (Lipinski definition) is 3. The molecule has 118 valence electrons. The van der Waals surface area contributed by atoms with Crippen molar-refractivity contribution in [2.45, 2.75) is 25.7 Å². The lowest BCUT2D eigenvalue weighted by molar-refractivity contribution is -0.143. The van der Waals surface area contributed by atoms with Gasteiger partial charge in [0, 0.05) is 0 Å². The molecule has 7 heteroatoms. The summed E-state index contributed by atoms with van der Waals surface area (Å²) >= 11 is 0. The molecule has 0 aromatic carbocycles. The van der Waals surface area contributed by atoms with E-state index in [1.165, 1.54) is 0 Å². The molecule has 2 heterocycles. The fourth-order valence-corrected chi connectivity index (χ4v) is 2.32. The van der Waals surface area contributed by atoms with Crippen LogP contribution in [0.1, 0.15) is 25.7 Å². The van der Waals surface area contributed by atoms with Crippen LogP contribution in [0.25, 0.3) is 0 Å². The van der Waals surface area contributed by atoms with Crippen molar-refractivity contribution in [1.82, 2.24) is 10.2 Å². The van der Waals surface area contributed by atoms with Gasteiger partial charge in [-0.1, -0.05) is 0 Å². The van der Waals surface area contributed by atoms with E-state index in [0.29, 0.717) is 0 Å². The summed E-state index contributed by atoms with van der Waals surface area (Å²) in [6.45, 7) is 3.57. The second kappa shape index (κ2) is 9.96. The predicted molar refractivity (Wildman–Crippen MR) is 78.3 cm³/mol. The molecule has 0 saturated carbocycles. The van der Waals surface area contributed by atoms with Crippen LogP contribution in [0.3, 0.4) is 0 Å². The number of rotatable bonds is 2. The summed E-state index contributed by atoms with van der Waals surface area (Å²) in [5.74, 6) is -1.45. The smallest absolute Gasteiger partial charge is 0.306 e. The highest BCUT2D eigenvalue weighted by molar-refractivity contribution is 5.85. The van der Waals surface area contributed by atoms with Crippen molar-refractivity contribution in [2.75, 3.05) is 33.2 Å². The number of nitrogens with one attached hydrogen (secondary N) is 1. The Bertz CT molecular complexity index is 301. The molecule has 0 aromatic rings. The van der Waals surface area contributed by atoms with Gasteiger partial charge in [0.2, 0.25) is 0 Å². The molecule has 2 aliphatic rings. The van der Waals surface area contributed by atoms with E-state index in [1.807, 2.05) is 7.05 Å². The highest BCUT2D eigenvalue weighted by atomic mass is 35.5. The molecule has 0 amide bonds. The van der Waals surface area contributed by atoms with Crippen molar-refractivity contribution in [3.63, 3.8) is 0 Å². The second-order valence-electron chi connectivity index (χ2n) is 5.28. The normalized spacial score (nSPS) is 21.2. The maximum Gasteiger partial charge on any atom is 0.306 e. The third kappa shape index (κ3) is 7.07. The van der Waals surface area contributed by atoms with Gasteiger partial charge in [-0.15, -0.1) is 12.4 Å². The standard InChI is InChI=1S/C7H13NO2.C6H11NO2.ClH/c1-8-4-2-6(3-5-8)7(9)10;8-6(9)5-1-3-7-4-2-5;/h6H,2-5H2,1H3,(H,9,10);5,7H,1-4H2,(H,8,9);1H. The van der Waals surface area contributed by atoms with Gasteiger partial charge in [0.05, 0.1) is 11.8 Å². The van der Waals surface area contributed by atoms with E-state index in [4.69, 9.17) is 10.2 Å². The molecule has 6 nitrogen and oxygen atoms in total. The fourth-order valence-electron chi connectivity index (χ4n) is 2.32. The number of carbonyl (C=O) groups is 2. The lowest BCUT2D eigenvalue weighted by Gasteiger charge is -2.25. The molecule has 2 aliphatic heterocycles. The molecule has 0 unspecified atom stereocenters. The monoisotopic (exact) mass is 308 g/mol. The van der Waals surface area contributed by atoms with Crippen LogP contribution >= 0.6 is 12.4 Å². The summed E-state index contributed by atoms with van der Waals surface area (Å²) in [5, 5.41) is 20.2. The van der Waals surface area contributed by atoms with Crippen molar-refractivity contribution < 1.29 is 19.8 Å². The quantitative estimate of drug-likeness (QED) is 0.702. The first-order chi connectivity index (χ1) is 9.00. The number of likely N-dealkylation sites (tertiary alicyclic amines) is 1. The van der Waals surface area contributed by atoms with Gasteiger partial charge in [0.25, 0.3) is 0 Å². The van der Waals surface area contributed by atoms with Gasteiger partial charge in [0.1, 0.15) is 0 Å². The number of aliphatic carboxylic acids is 2. The van der Waals surface area contributed by atoms with Crippen molar-refractivity contribution in [3.05, 3.63) is 0 Å². The average molecular weight is 309 g/mol. The van der Waals surface area contributed by atoms with E-state index in [2.05, 4.69) is 10.2 Å². The molecule has 20 heavy (non-hydrogen) atoms. The van der Waals surface area contributed by atoms with E-state index < -0.39 is 11.9 Å². The average Bonchev–Trinajstić information content (AvgIpc) is 2.41. The molecule has 0 spiro atoms. The third-order valence-electron chi connectivity index (χ3n) is 3.76. The summed E-state index contributed by atoms with van der Waals surface area (Å²) in [5.41, 5.74) is 0. The Labute approximate surface area is 125 Å². The van der Waals surface area contributed by atoms with Crippen LogP contribution in [-0.4, -0.2) is 60.3 Å². The molecule has 0 aliphatic carbocycles. The first-order valence-corrected chi connectivity index (χ1v) is 6.85. The molecule has 3 N–H and O–H groups in total. The van der Waals surface area contributed by atoms with Crippen LogP contribution in [0.5, 0.6) is 0 Å². The molecular weight excluding hydrogens is 284 g/mol. The summed E-state index contributed by atoms with van der Waals surface area (Å²) in [7, 11) is 2.03. The van der Waals surface area contributed by atoms with Gasteiger partial charge in [-0.3, -0.25) is 9.59 Å². The van der Waals surface area contributed by atoms with E-state index in [0.717, 1.165) is 51.9 Å². The Morgan fingerprint density at radius 2 is 1.35 bits per heavy atom. The van der Waals surface area contributed by atoms with Crippen molar-refractivity contribution >= 4 is 24.3 Å². The van der Waals surface area contributed by atoms with Gasteiger partial charge < -0.3 is 20.4 Å². The highest BCUT2D eigenvalue weighted by Crippen LogP contribution is 2.15. The van der Waals surface area contributed by atoms with Crippen LogP contribution in [0.2, 0.25) is 0 Å². The Morgan fingerprint density at radius 1 is 0.950 bits per heavy atom. The van der Waals surface area contributed by atoms with Gasteiger partial charge in [0.15, 0.2) is 0 Å². The van der Waals surface area contributed by atoms with Gasteiger partial charge in [-0.2, -0.15) is 0 Å². The number of halogens is 1. The lowest BCUT2D eigenvalue weighted by atomic mass is 9.98. The summed E-state index contributed by atoms with van der Waals surface area (Å²) in [6.07, 6.45) is 3.20. The zero-order valence-electron chi connectivity index (χ0n) is 11.9. The van der Waals surface area contributed by atoms with Crippen LogP contribution in [0.15, 0.2) is 0 Å². The largest absolute Gasteiger partial charge is 0.481 e. The Morgan fingerprint density at radius 3 is 1.70 bits per heavy atom. The fraction of sp³-hybridized carbons (Fsp3) is 0.846. The molecule has 0 radical (unpaired) electrons. The molecule has 0 bridgehead atoms. The van der Waals surface area contributed by atoms with E-state index >= 15 is 0 Å². The summed E-state index contributed by atoms with van der Waals surface area (Å²) < 4.78 is 0. The molecule has 2 rings (SSSR count). The van der Waals surface area contributed by atoms with Crippen LogP contribution < -0.4 is 5.32 Å². The number of piperidine rings is 2. The number of carboxylic acids is 2. The third-order valence-corrected chi connectivity index (χ3v) is 3.76. The summed E-state index contributed by atoms with van der Waals surface area (Å²) in [4.78, 5) is 22.9. The van der Waals surface area contributed by atoms with E-state index in [9.17, 15) is 9.59 Å². The first kappa shape index (κ1) is 19.1. The second-order valence-corrected chi connectivity index (χ2v) is 5.28. The first-order valence-electron chi connectivity index (χ1n) is 6.85. The maximum absolute atomic E-state index is 10.4. The minimum atomic E-state index is -0.642. The summed E-state index contributed by atoms with van der Waals surface area (Å²) in [6, 6.07) is 0. The number of nitrogens with zero attached hydrogens (tertiary/aromatic N) is 1. The van der Waals surface area contributed by atoms with Crippen molar-refractivity contribution in [3.8, 4) is 0 Å².